The summed E-state index contributed by atoms with van der Waals surface area (Å²) in [6.07, 6.45) is 4.09. The van der Waals surface area contributed by atoms with E-state index in [0.29, 0.717) is 18.6 Å². The maximum absolute atomic E-state index is 13.5. The van der Waals surface area contributed by atoms with E-state index in [4.69, 9.17) is 9.47 Å². The number of fused-ring (bicyclic) bond motifs is 1. The monoisotopic (exact) mass is 461 g/mol. The lowest BCUT2D eigenvalue weighted by atomic mass is 9.70. The zero-order chi connectivity index (χ0) is 24.1. The standard InChI is InChI=1S/C29H35NO4/c1-30(2)20-24-9-7-8-16-29(24,32)19-27(28(31)34-25-10-5-4-6-11-25)23-13-12-22-18-26(33-3)15-14-21(22)17-23/h4-6,10-15,17-18,24,27,32H,7-9,16,19-20H2,1-3H3. The number of nitrogens with zero attached hydrogens (tertiary/aromatic N) is 1. The van der Waals surface area contributed by atoms with Crippen molar-refractivity contribution >= 4 is 16.7 Å². The molecule has 0 radical (unpaired) electrons. The summed E-state index contributed by atoms with van der Waals surface area (Å²) >= 11 is 0. The van der Waals surface area contributed by atoms with Crippen LogP contribution in [-0.4, -0.2) is 49.3 Å². The summed E-state index contributed by atoms with van der Waals surface area (Å²) in [5, 5.41) is 13.9. The smallest absolute Gasteiger partial charge is 0.318 e. The fourth-order valence-corrected chi connectivity index (χ4v) is 5.22. The Morgan fingerprint density at radius 3 is 2.50 bits per heavy atom. The van der Waals surface area contributed by atoms with Crippen molar-refractivity contribution in [3.8, 4) is 11.5 Å². The summed E-state index contributed by atoms with van der Waals surface area (Å²) in [7, 11) is 5.72. The first kappa shape index (κ1) is 24.2. The maximum atomic E-state index is 13.5. The summed E-state index contributed by atoms with van der Waals surface area (Å²) in [6.45, 7) is 0.800. The molecule has 3 unspecified atom stereocenters. The molecule has 3 aromatic carbocycles. The van der Waals surface area contributed by atoms with Gasteiger partial charge in [0.25, 0.3) is 0 Å². The van der Waals surface area contributed by atoms with Gasteiger partial charge in [-0.05, 0) is 74.0 Å². The Morgan fingerprint density at radius 1 is 1.03 bits per heavy atom. The van der Waals surface area contributed by atoms with Crippen molar-refractivity contribution in [3.63, 3.8) is 0 Å². The number of methoxy groups -OCH3 is 1. The van der Waals surface area contributed by atoms with Gasteiger partial charge in [-0.15, -0.1) is 0 Å². The number of aliphatic hydroxyl groups is 1. The minimum Gasteiger partial charge on any atom is -0.497 e. The molecule has 34 heavy (non-hydrogen) atoms. The molecule has 1 N–H and O–H groups in total. The minimum absolute atomic E-state index is 0.119. The lowest BCUT2D eigenvalue weighted by Gasteiger charge is -2.43. The van der Waals surface area contributed by atoms with E-state index in [1.807, 2.05) is 68.7 Å². The zero-order valence-electron chi connectivity index (χ0n) is 20.4. The van der Waals surface area contributed by atoms with Gasteiger partial charge in [0.05, 0.1) is 18.6 Å². The summed E-state index contributed by atoms with van der Waals surface area (Å²) in [5.74, 6) is 0.529. The van der Waals surface area contributed by atoms with Gasteiger partial charge in [-0.3, -0.25) is 4.79 Å². The van der Waals surface area contributed by atoms with Gasteiger partial charge in [0.1, 0.15) is 11.5 Å². The molecular formula is C29H35NO4. The van der Waals surface area contributed by atoms with Crippen LogP contribution in [0, 0.1) is 5.92 Å². The Kier molecular flexibility index (Phi) is 7.54. The van der Waals surface area contributed by atoms with Gasteiger partial charge in [-0.25, -0.2) is 0 Å². The van der Waals surface area contributed by atoms with E-state index < -0.39 is 11.5 Å². The maximum Gasteiger partial charge on any atom is 0.318 e. The van der Waals surface area contributed by atoms with E-state index in [9.17, 15) is 9.90 Å². The molecule has 1 aliphatic rings. The average molecular weight is 462 g/mol. The van der Waals surface area contributed by atoms with Crippen molar-refractivity contribution in [2.75, 3.05) is 27.7 Å². The summed E-state index contributed by atoms with van der Waals surface area (Å²) in [4.78, 5) is 15.7. The van der Waals surface area contributed by atoms with Crippen LogP contribution in [-0.2, 0) is 4.79 Å². The Morgan fingerprint density at radius 2 is 1.76 bits per heavy atom. The molecule has 3 atom stereocenters. The van der Waals surface area contributed by atoms with E-state index >= 15 is 0 Å². The second-order valence-electron chi connectivity index (χ2n) is 9.77. The number of carbonyl (C=O) groups is 1. The first-order valence-corrected chi connectivity index (χ1v) is 12.1. The highest BCUT2D eigenvalue weighted by atomic mass is 16.5. The van der Waals surface area contributed by atoms with Crippen molar-refractivity contribution in [2.45, 2.75) is 43.6 Å². The molecule has 4 rings (SSSR count). The highest BCUT2D eigenvalue weighted by molar-refractivity contribution is 5.87. The lowest BCUT2D eigenvalue weighted by Crippen LogP contribution is -2.47. The molecule has 0 aromatic heterocycles. The molecule has 0 bridgehead atoms. The van der Waals surface area contributed by atoms with Crippen LogP contribution < -0.4 is 9.47 Å². The normalized spacial score (nSPS) is 21.4. The van der Waals surface area contributed by atoms with Gasteiger partial charge in [0.15, 0.2) is 0 Å². The van der Waals surface area contributed by atoms with E-state index in [1.54, 1.807) is 19.2 Å². The molecule has 1 aliphatic carbocycles. The molecular weight excluding hydrogens is 426 g/mol. The van der Waals surface area contributed by atoms with Crippen LogP contribution in [0.1, 0.15) is 43.6 Å². The second-order valence-corrected chi connectivity index (χ2v) is 9.77. The fraction of sp³-hybridized carbons (Fsp3) is 0.414. The third-order valence-electron chi connectivity index (χ3n) is 7.04. The van der Waals surface area contributed by atoms with Crippen LogP contribution in [0.2, 0.25) is 0 Å². The van der Waals surface area contributed by atoms with Crippen molar-refractivity contribution in [1.82, 2.24) is 4.90 Å². The SMILES string of the molecule is COc1ccc2cc(C(CC3(O)CCCCC3CN(C)C)C(=O)Oc3ccccc3)ccc2c1. The van der Waals surface area contributed by atoms with E-state index in [0.717, 1.165) is 47.9 Å². The molecule has 0 amide bonds. The van der Waals surface area contributed by atoms with Crippen molar-refractivity contribution in [1.29, 1.82) is 0 Å². The third kappa shape index (κ3) is 5.60. The predicted molar refractivity (Wildman–Crippen MR) is 135 cm³/mol. The van der Waals surface area contributed by atoms with Crippen LogP contribution >= 0.6 is 0 Å². The van der Waals surface area contributed by atoms with Crippen LogP contribution in [0.15, 0.2) is 66.7 Å². The van der Waals surface area contributed by atoms with Gasteiger partial charge in [0.2, 0.25) is 0 Å². The van der Waals surface area contributed by atoms with Crippen LogP contribution in [0.5, 0.6) is 11.5 Å². The Labute approximate surface area is 202 Å². The van der Waals surface area contributed by atoms with E-state index in [2.05, 4.69) is 4.90 Å². The number of hydrogen-bond acceptors (Lipinski definition) is 5. The van der Waals surface area contributed by atoms with Crippen molar-refractivity contribution in [2.24, 2.45) is 5.92 Å². The van der Waals surface area contributed by atoms with Gasteiger partial charge in [0, 0.05) is 12.5 Å². The number of hydrogen-bond donors (Lipinski definition) is 1. The number of esters is 1. The Bertz CT molecular complexity index is 1110. The van der Waals surface area contributed by atoms with Crippen molar-refractivity contribution in [3.05, 3.63) is 72.3 Å². The molecule has 0 spiro atoms. The zero-order valence-corrected chi connectivity index (χ0v) is 20.4. The Balaban J connectivity index is 1.69. The van der Waals surface area contributed by atoms with Gasteiger partial charge in [-0.2, -0.15) is 0 Å². The number of benzene rings is 3. The van der Waals surface area contributed by atoms with Crippen LogP contribution in [0.25, 0.3) is 10.8 Å². The summed E-state index contributed by atoms with van der Waals surface area (Å²) in [6, 6.07) is 21.1. The molecule has 0 heterocycles. The topological polar surface area (TPSA) is 59.0 Å². The molecule has 180 valence electrons. The lowest BCUT2D eigenvalue weighted by molar-refractivity contribution is -0.140. The first-order chi connectivity index (χ1) is 16.4. The Hall–Kier alpha value is -2.89. The predicted octanol–water partition coefficient (Wildman–Crippen LogP) is 5.41. The van der Waals surface area contributed by atoms with Gasteiger partial charge >= 0.3 is 5.97 Å². The molecule has 3 aromatic rings. The molecule has 5 nitrogen and oxygen atoms in total. The number of carbonyl (C=O) groups excluding carboxylic acids is 1. The fourth-order valence-electron chi connectivity index (χ4n) is 5.22. The summed E-state index contributed by atoms with van der Waals surface area (Å²) in [5.41, 5.74) is -0.0567. The highest BCUT2D eigenvalue weighted by Crippen LogP contribution is 2.42. The molecule has 0 saturated heterocycles. The van der Waals surface area contributed by atoms with Crippen molar-refractivity contribution < 1.29 is 19.4 Å². The molecule has 0 aliphatic heterocycles. The molecule has 1 fully saturated rings. The largest absolute Gasteiger partial charge is 0.497 e. The van der Waals surface area contributed by atoms with Crippen LogP contribution in [0.3, 0.4) is 0 Å². The molecule has 1 saturated carbocycles. The molecule has 5 heteroatoms. The highest BCUT2D eigenvalue weighted by Gasteiger charge is 2.43. The second kappa shape index (κ2) is 10.6. The van der Waals surface area contributed by atoms with E-state index in [-0.39, 0.29) is 11.9 Å². The first-order valence-electron chi connectivity index (χ1n) is 12.1. The van der Waals surface area contributed by atoms with E-state index in [1.165, 1.54) is 0 Å². The number of ether oxygens (including phenoxy) is 2. The number of para-hydroxylation sites is 1. The van der Waals surface area contributed by atoms with Crippen LogP contribution in [0.4, 0.5) is 0 Å². The minimum atomic E-state index is -0.919. The number of rotatable bonds is 8. The quantitative estimate of drug-likeness (QED) is 0.359. The summed E-state index contributed by atoms with van der Waals surface area (Å²) < 4.78 is 11.2. The van der Waals surface area contributed by atoms with Gasteiger partial charge < -0.3 is 19.5 Å². The third-order valence-corrected chi connectivity index (χ3v) is 7.04. The van der Waals surface area contributed by atoms with Gasteiger partial charge in [-0.1, -0.05) is 55.3 Å². The average Bonchev–Trinajstić information content (AvgIpc) is 2.84.